The highest BCUT2D eigenvalue weighted by atomic mass is 14.9. The molecule has 3 N–H and O–H groups in total. The van der Waals surface area contributed by atoms with Gasteiger partial charge in [-0.3, -0.25) is 0 Å². The first kappa shape index (κ1) is 10.4. The van der Waals surface area contributed by atoms with Gasteiger partial charge in [-0.15, -0.1) is 0 Å². The maximum absolute atomic E-state index is 6.35. The fourth-order valence-electron chi connectivity index (χ4n) is 3.25. The van der Waals surface area contributed by atoms with Crippen LogP contribution in [0.2, 0.25) is 0 Å². The van der Waals surface area contributed by atoms with Crippen LogP contribution in [0.15, 0.2) is 6.07 Å². The SMILES string of the molecule is CC(C)(N)C1(c2cc3c([nH]2)CCCC3)CC1. The van der Waals surface area contributed by atoms with E-state index in [-0.39, 0.29) is 11.0 Å². The topological polar surface area (TPSA) is 41.8 Å². The molecule has 0 aromatic carbocycles. The van der Waals surface area contributed by atoms with E-state index in [0.717, 1.165) is 0 Å². The van der Waals surface area contributed by atoms with E-state index in [1.54, 1.807) is 5.56 Å². The summed E-state index contributed by atoms with van der Waals surface area (Å²) in [7, 11) is 0. The van der Waals surface area contributed by atoms with Crippen LogP contribution in [0, 0.1) is 0 Å². The summed E-state index contributed by atoms with van der Waals surface area (Å²) >= 11 is 0. The Morgan fingerprint density at radius 3 is 2.50 bits per heavy atom. The number of H-pyrrole nitrogens is 1. The Morgan fingerprint density at radius 2 is 1.94 bits per heavy atom. The highest BCUT2D eigenvalue weighted by Gasteiger charge is 2.54. The van der Waals surface area contributed by atoms with Gasteiger partial charge in [-0.25, -0.2) is 0 Å². The minimum atomic E-state index is -0.0968. The molecule has 88 valence electrons. The first-order valence-corrected chi connectivity index (χ1v) is 6.53. The van der Waals surface area contributed by atoms with Crippen molar-refractivity contribution in [3.63, 3.8) is 0 Å². The summed E-state index contributed by atoms with van der Waals surface area (Å²) < 4.78 is 0. The number of fused-ring (bicyclic) bond motifs is 1. The average Bonchev–Trinajstić information content (AvgIpc) is 2.92. The smallest absolute Gasteiger partial charge is 0.0279 e. The quantitative estimate of drug-likeness (QED) is 0.787. The molecule has 1 heterocycles. The zero-order valence-corrected chi connectivity index (χ0v) is 10.4. The van der Waals surface area contributed by atoms with Gasteiger partial charge in [0, 0.05) is 22.3 Å². The third-order valence-electron chi connectivity index (χ3n) is 4.61. The Balaban J connectivity index is 1.99. The van der Waals surface area contributed by atoms with Crippen molar-refractivity contribution >= 4 is 0 Å². The molecule has 2 nitrogen and oxygen atoms in total. The molecule has 0 radical (unpaired) electrons. The predicted octanol–water partition coefficient (Wildman–Crippen LogP) is 2.66. The van der Waals surface area contributed by atoms with E-state index in [4.69, 9.17) is 5.73 Å². The van der Waals surface area contributed by atoms with Crippen LogP contribution in [-0.2, 0) is 18.3 Å². The Bertz CT molecular complexity index is 381. The molecule has 16 heavy (non-hydrogen) atoms. The van der Waals surface area contributed by atoms with Crippen molar-refractivity contribution in [1.82, 2.24) is 4.98 Å². The van der Waals surface area contributed by atoms with Gasteiger partial charge in [-0.05, 0) is 64.0 Å². The van der Waals surface area contributed by atoms with Crippen LogP contribution in [-0.4, -0.2) is 10.5 Å². The van der Waals surface area contributed by atoms with Crippen molar-refractivity contribution in [2.75, 3.05) is 0 Å². The van der Waals surface area contributed by atoms with Crippen LogP contribution >= 0.6 is 0 Å². The highest BCUT2D eigenvalue weighted by molar-refractivity contribution is 5.38. The van der Waals surface area contributed by atoms with E-state index in [0.29, 0.717) is 0 Å². The molecular weight excluding hydrogens is 196 g/mol. The van der Waals surface area contributed by atoms with Crippen molar-refractivity contribution < 1.29 is 0 Å². The molecule has 1 saturated carbocycles. The average molecular weight is 218 g/mol. The number of aryl methyl sites for hydroxylation is 2. The second-order valence-electron chi connectivity index (χ2n) is 6.20. The zero-order chi connectivity index (χ0) is 11.4. The molecule has 2 aliphatic carbocycles. The zero-order valence-electron chi connectivity index (χ0n) is 10.4. The monoisotopic (exact) mass is 218 g/mol. The number of hydrogen-bond donors (Lipinski definition) is 2. The highest BCUT2D eigenvalue weighted by Crippen LogP contribution is 2.54. The molecule has 2 aliphatic rings. The summed E-state index contributed by atoms with van der Waals surface area (Å²) in [5.41, 5.74) is 10.9. The van der Waals surface area contributed by atoms with Crippen LogP contribution in [0.3, 0.4) is 0 Å². The minimum Gasteiger partial charge on any atom is -0.362 e. The molecule has 0 bridgehead atoms. The fraction of sp³-hybridized carbons (Fsp3) is 0.714. The van der Waals surface area contributed by atoms with Crippen LogP contribution < -0.4 is 5.73 Å². The van der Waals surface area contributed by atoms with E-state index in [1.165, 1.54) is 49.9 Å². The van der Waals surface area contributed by atoms with Gasteiger partial charge in [0.25, 0.3) is 0 Å². The number of nitrogens with two attached hydrogens (primary N) is 1. The van der Waals surface area contributed by atoms with Gasteiger partial charge in [0.05, 0.1) is 0 Å². The lowest BCUT2D eigenvalue weighted by Gasteiger charge is -2.30. The fourth-order valence-corrected chi connectivity index (χ4v) is 3.25. The standard InChI is InChI=1S/C14H22N2/c1-13(2,15)14(7-8-14)12-9-10-5-3-4-6-11(10)16-12/h9,16H,3-8,15H2,1-2H3. The molecular formula is C14H22N2. The lowest BCUT2D eigenvalue weighted by molar-refractivity contribution is 0.385. The second-order valence-corrected chi connectivity index (χ2v) is 6.20. The van der Waals surface area contributed by atoms with Crippen molar-refractivity contribution in [2.45, 2.75) is 63.3 Å². The molecule has 0 saturated heterocycles. The largest absolute Gasteiger partial charge is 0.362 e. The molecule has 2 heteroatoms. The number of hydrogen-bond acceptors (Lipinski definition) is 1. The number of nitrogens with one attached hydrogen (secondary N) is 1. The van der Waals surface area contributed by atoms with Crippen LogP contribution in [0.1, 0.15) is 56.5 Å². The van der Waals surface area contributed by atoms with E-state index in [9.17, 15) is 0 Å². The molecule has 1 fully saturated rings. The lowest BCUT2D eigenvalue weighted by atomic mass is 9.82. The van der Waals surface area contributed by atoms with Gasteiger partial charge in [-0.1, -0.05) is 0 Å². The maximum atomic E-state index is 6.35. The summed E-state index contributed by atoms with van der Waals surface area (Å²) in [5, 5.41) is 0. The van der Waals surface area contributed by atoms with E-state index in [1.807, 2.05) is 0 Å². The molecule has 0 spiro atoms. The number of aromatic nitrogens is 1. The van der Waals surface area contributed by atoms with E-state index >= 15 is 0 Å². The van der Waals surface area contributed by atoms with Crippen molar-refractivity contribution in [1.29, 1.82) is 0 Å². The maximum Gasteiger partial charge on any atom is 0.0279 e. The molecule has 0 amide bonds. The summed E-state index contributed by atoms with van der Waals surface area (Å²) in [6.07, 6.45) is 7.67. The molecule has 0 unspecified atom stereocenters. The third kappa shape index (κ3) is 1.36. The molecule has 1 aromatic heterocycles. The van der Waals surface area contributed by atoms with Crippen LogP contribution in [0.5, 0.6) is 0 Å². The number of aromatic amines is 1. The first-order valence-electron chi connectivity index (χ1n) is 6.53. The van der Waals surface area contributed by atoms with Crippen LogP contribution in [0.4, 0.5) is 0 Å². The second kappa shape index (κ2) is 3.13. The molecule has 0 aliphatic heterocycles. The summed E-state index contributed by atoms with van der Waals surface area (Å²) in [5.74, 6) is 0. The van der Waals surface area contributed by atoms with Crippen molar-refractivity contribution in [3.8, 4) is 0 Å². The molecule has 3 rings (SSSR count). The summed E-state index contributed by atoms with van der Waals surface area (Å²) in [6, 6.07) is 2.40. The van der Waals surface area contributed by atoms with Crippen molar-refractivity contribution in [3.05, 3.63) is 23.0 Å². The van der Waals surface area contributed by atoms with Crippen LogP contribution in [0.25, 0.3) is 0 Å². The minimum absolute atomic E-state index is 0.0968. The summed E-state index contributed by atoms with van der Waals surface area (Å²) in [6.45, 7) is 4.33. The van der Waals surface area contributed by atoms with Gasteiger partial charge in [0.15, 0.2) is 0 Å². The Morgan fingerprint density at radius 1 is 1.25 bits per heavy atom. The summed E-state index contributed by atoms with van der Waals surface area (Å²) in [4.78, 5) is 3.66. The van der Waals surface area contributed by atoms with Gasteiger partial charge in [-0.2, -0.15) is 0 Å². The third-order valence-corrected chi connectivity index (χ3v) is 4.61. The van der Waals surface area contributed by atoms with E-state index < -0.39 is 0 Å². The van der Waals surface area contributed by atoms with E-state index in [2.05, 4.69) is 24.9 Å². The number of rotatable bonds is 2. The Labute approximate surface area is 97.6 Å². The normalized spacial score (nSPS) is 22.9. The van der Waals surface area contributed by atoms with Crippen molar-refractivity contribution in [2.24, 2.45) is 5.73 Å². The first-order chi connectivity index (χ1) is 7.53. The Hall–Kier alpha value is -0.760. The lowest BCUT2D eigenvalue weighted by Crippen LogP contribution is -2.45. The van der Waals surface area contributed by atoms with Gasteiger partial charge < -0.3 is 10.7 Å². The van der Waals surface area contributed by atoms with Gasteiger partial charge >= 0.3 is 0 Å². The molecule has 0 atom stereocenters. The van der Waals surface area contributed by atoms with Gasteiger partial charge in [0.1, 0.15) is 0 Å². The van der Waals surface area contributed by atoms with Gasteiger partial charge in [0.2, 0.25) is 0 Å². The predicted molar refractivity (Wildman–Crippen MR) is 66.6 cm³/mol. The molecule has 1 aromatic rings. The Kier molecular flexibility index (Phi) is 2.03.